The Bertz CT molecular complexity index is 450. The molecule has 112 valence electrons. The van der Waals surface area contributed by atoms with Crippen molar-refractivity contribution in [1.29, 1.82) is 0 Å². The molecule has 2 rings (SSSR count). The van der Waals surface area contributed by atoms with Crippen LogP contribution >= 0.6 is 0 Å². The Labute approximate surface area is 117 Å². The van der Waals surface area contributed by atoms with Crippen LogP contribution < -0.4 is 0 Å². The van der Waals surface area contributed by atoms with Gasteiger partial charge in [-0.3, -0.25) is 0 Å². The number of halogens is 3. The number of hydrogen-bond acceptors (Lipinski definition) is 1. The zero-order chi connectivity index (χ0) is 15.0. The van der Waals surface area contributed by atoms with E-state index < -0.39 is 17.3 Å². The van der Waals surface area contributed by atoms with E-state index >= 15 is 0 Å². The Morgan fingerprint density at radius 1 is 1.00 bits per heavy atom. The van der Waals surface area contributed by atoms with Gasteiger partial charge < -0.3 is 5.11 Å². The first-order valence-electron chi connectivity index (χ1n) is 6.98. The summed E-state index contributed by atoms with van der Waals surface area (Å²) in [7, 11) is 0. The van der Waals surface area contributed by atoms with Crippen molar-refractivity contribution in [3.63, 3.8) is 0 Å². The lowest BCUT2D eigenvalue weighted by Crippen LogP contribution is -2.38. The van der Waals surface area contributed by atoms with Gasteiger partial charge in [0, 0.05) is 6.42 Å². The van der Waals surface area contributed by atoms with Crippen LogP contribution in [0.5, 0.6) is 0 Å². The molecular formula is C16H21F3O. The minimum Gasteiger partial charge on any atom is -0.390 e. The van der Waals surface area contributed by atoms with E-state index in [0.29, 0.717) is 19.3 Å². The van der Waals surface area contributed by atoms with Crippen LogP contribution in [0.15, 0.2) is 24.3 Å². The molecular weight excluding hydrogens is 265 g/mol. The fourth-order valence-electron chi connectivity index (χ4n) is 2.76. The maximum atomic E-state index is 12.5. The molecule has 0 spiro atoms. The van der Waals surface area contributed by atoms with E-state index in [1.807, 2.05) is 0 Å². The third-order valence-corrected chi connectivity index (χ3v) is 4.35. The average molecular weight is 286 g/mol. The maximum absolute atomic E-state index is 12.5. The number of rotatable bonds is 2. The Morgan fingerprint density at radius 2 is 1.50 bits per heavy atom. The quantitative estimate of drug-likeness (QED) is 0.843. The number of hydrogen-bond donors (Lipinski definition) is 1. The molecule has 0 atom stereocenters. The van der Waals surface area contributed by atoms with Crippen molar-refractivity contribution < 1.29 is 18.3 Å². The minimum absolute atomic E-state index is 0.256. The third kappa shape index (κ3) is 3.75. The largest absolute Gasteiger partial charge is 0.416 e. The van der Waals surface area contributed by atoms with Crippen molar-refractivity contribution in [2.75, 3.05) is 0 Å². The fourth-order valence-corrected chi connectivity index (χ4v) is 2.76. The summed E-state index contributed by atoms with van der Waals surface area (Å²) in [6.45, 7) is 4.37. The lowest BCUT2D eigenvalue weighted by Gasteiger charge is -2.40. The first-order chi connectivity index (χ1) is 9.10. The molecule has 0 radical (unpaired) electrons. The van der Waals surface area contributed by atoms with Crippen molar-refractivity contribution in [3.8, 4) is 0 Å². The lowest BCUT2D eigenvalue weighted by atomic mass is 9.69. The van der Waals surface area contributed by atoms with Gasteiger partial charge in [0.2, 0.25) is 0 Å². The summed E-state index contributed by atoms with van der Waals surface area (Å²) in [6, 6.07) is 5.12. The predicted octanol–water partition coefficient (Wildman–Crippen LogP) is 4.58. The highest BCUT2D eigenvalue weighted by Gasteiger charge is 2.37. The van der Waals surface area contributed by atoms with Gasteiger partial charge in [-0.25, -0.2) is 0 Å². The zero-order valence-corrected chi connectivity index (χ0v) is 11.9. The van der Waals surface area contributed by atoms with Crippen LogP contribution in [-0.2, 0) is 12.6 Å². The normalized spacial score (nSPS) is 21.7. The van der Waals surface area contributed by atoms with Crippen molar-refractivity contribution >= 4 is 0 Å². The molecule has 0 aromatic heterocycles. The number of aliphatic hydroxyl groups is 1. The highest BCUT2D eigenvalue weighted by Crippen LogP contribution is 2.41. The van der Waals surface area contributed by atoms with Crippen LogP contribution in [0, 0.1) is 5.41 Å². The van der Waals surface area contributed by atoms with Gasteiger partial charge in [0.1, 0.15) is 0 Å². The topological polar surface area (TPSA) is 20.2 Å². The van der Waals surface area contributed by atoms with Gasteiger partial charge in [0.15, 0.2) is 0 Å². The smallest absolute Gasteiger partial charge is 0.390 e. The van der Waals surface area contributed by atoms with E-state index in [4.69, 9.17) is 0 Å². The molecule has 1 N–H and O–H groups in total. The van der Waals surface area contributed by atoms with Crippen LogP contribution in [-0.4, -0.2) is 10.7 Å². The summed E-state index contributed by atoms with van der Waals surface area (Å²) < 4.78 is 37.5. The van der Waals surface area contributed by atoms with E-state index in [1.165, 1.54) is 12.1 Å². The summed E-state index contributed by atoms with van der Waals surface area (Å²) in [4.78, 5) is 0. The highest BCUT2D eigenvalue weighted by atomic mass is 19.4. The first-order valence-corrected chi connectivity index (χ1v) is 6.98. The van der Waals surface area contributed by atoms with E-state index in [9.17, 15) is 18.3 Å². The summed E-state index contributed by atoms with van der Waals surface area (Å²) in [5.74, 6) is 0. The molecule has 1 fully saturated rings. The average Bonchev–Trinajstić information content (AvgIpc) is 2.33. The Hall–Kier alpha value is -1.03. The highest BCUT2D eigenvalue weighted by molar-refractivity contribution is 5.25. The molecule has 1 aromatic rings. The molecule has 0 saturated heterocycles. The van der Waals surface area contributed by atoms with Gasteiger partial charge >= 0.3 is 6.18 Å². The molecule has 0 amide bonds. The van der Waals surface area contributed by atoms with Crippen LogP contribution in [0.4, 0.5) is 13.2 Å². The van der Waals surface area contributed by atoms with Crippen molar-refractivity contribution in [1.82, 2.24) is 0 Å². The second-order valence-corrected chi connectivity index (χ2v) is 6.76. The summed E-state index contributed by atoms with van der Waals surface area (Å²) in [5.41, 5.74) is -0.389. The van der Waals surface area contributed by atoms with Crippen LogP contribution in [0.1, 0.15) is 50.7 Å². The maximum Gasteiger partial charge on any atom is 0.416 e. The molecule has 1 nitrogen and oxygen atoms in total. The fraction of sp³-hybridized carbons (Fsp3) is 0.625. The number of alkyl halides is 3. The van der Waals surface area contributed by atoms with Crippen molar-refractivity contribution in [3.05, 3.63) is 35.4 Å². The van der Waals surface area contributed by atoms with E-state index in [-0.39, 0.29) is 5.41 Å². The Balaban J connectivity index is 2.03. The van der Waals surface area contributed by atoms with Gasteiger partial charge in [-0.05, 0) is 48.8 Å². The van der Waals surface area contributed by atoms with Crippen molar-refractivity contribution in [2.24, 2.45) is 5.41 Å². The Morgan fingerprint density at radius 3 is 1.95 bits per heavy atom. The van der Waals surface area contributed by atoms with E-state index in [0.717, 1.165) is 30.5 Å². The van der Waals surface area contributed by atoms with E-state index in [2.05, 4.69) is 13.8 Å². The lowest BCUT2D eigenvalue weighted by molar-refractivity contribution is -0.137. The molecule has 1 aliphatic carbocycles. The van der Waals surface area contributed by atoms with Gasteiger partial charge in [0.05, 0.1) is 11.2 Å². The molecule has 1 saturated carbocycles. The molecule has 0 unspecified atom stereocenters. The summed E-state index contributed by atoms with van der Waals surface area (Å²) in [6.07, 6.45) is -0.554. The molecule has 1 aliphatic rings. The monoisotopic (exact) mass is 286 g/mol. The molecule has 4 heteroatoms. The summed E-state index contributed by atoms with van der Waals surface area (Å²) in [5, 5.41) is 10.6. The van der Waals surface area contributed by atoms with Gasteiger partial charge in [0.25, 0.3) is 0 Å². The van der Waals surface area contributed by atoms with Gasteiger partial charge in [-0.15, -0.1) is 0 Å². The van der Waals surface area contributed by atoms with E-state index in [1.54, 1.807) is 0 Å². The standard InChI is InChI=1S/C16H21F3O/c1-14(2)7-9-15(20,10-8-14)11-12-3-5-13(6-4-12)16(17,18)19/h3-6,20H,7-11H2,1-2H3. The second kappa shape index (κ2) is 5.06. The first kappa shape index (κ1) is 15.4. The van der Waals surface area contributed by atoms with Gasteiger partial charge in [-0.2, -0.15) is 13.2 Å². The third-order valence-electron chi connectivity index (χ3n) is 4.35. The molecule has 1 aromatic carbocycles. The van der Waals surface area contributed by atoms with Crippen LogP contribution in [0.3, 0.4) is 0 Å². The van der Waals surface area contributed by atoms with Crippen LogP contribution in [0.2, 0.25) is 0 Å². The van der Waals surface area contributed by atoms with Gasteiger partial charge in [-0.1, -0.05) is 26.0 Å². The zero-order valence-electron chi connectivity index (χ0n) is 11.9. The van der Waals surface area contributed by atoms with Crippen LogP contribution in [0.25, 0.3) is 0 Å². The minimum atomic E-state index is -4.30. The molecule has 0 bridgehead atoms. The molecule has 0 heterocycles. The molecule has 0 aliphatic heterocycles. The number of benzene rings is 1. The Kier molecular flexibility index (Phi) is 3.89. The SMILES string of the molecule is CC1(C)CCC(O)(Cc2ccc(C(F)(F)F)cc2)CC1. The van der Waals surface area contributed by atoms with Crippen molar-refractivity contribution in [2.45, 2.75) is 57.7 Å². The molecule has 20 heavy (non-hydrogen) atoms. The predicted molar refractivity (Wildman–Crippen MR) is 72.3 cm³/mol. The summed E-state index contributed by atoms with van der Waals surface area (Å²) >= 11 is 0. The second-order valence-electron chi connectivity index (χ2n) is 6.76.